The molecule has 138 valence electrons. The Kier molecular flexibility index (Phi) is 5.08. The number of alkyl halides is 1. The summed E-state index contributed by atoms with van der Waals surface area (Å²) in [5.74, 6) is -0.699. The van der Waals surface area contributed by atoms with E-state index in [0.717, 1.165) is 5.56 Å². The van der Waals surface area contributed by atoms with Gasteiger partial charge < -0.3 is 16.0 Å². The van der Waals surface area contributed by atoms with Crippen molar-refractivity contribution < 1.29 is 14.0 Å². The van der Waals surface area contributed by atoms with Crippen molar-refractivity contribution >= 4 is 29.2 Å². The van der Waals surface area contributed by atoms with E-state index in [1.807, 2.05) is 13.0 Å². The number of benzene rings is 1. The highest BCUT2D eigenvalue weighted by molar-refractivity contribution is 6.33. The first-order valence-electron chi connectivity index (χ1n) is 8.01. The summed E-state index contributed by atoms with van der Waals surface area (Å²) in [6, 6.07) is 4.37. The van der Waals surface area contributed by atoms with Gasteiger partial charge in [0.15, 0.2) is 5.69 Å². The van der Waals surface area contributed by atoms with Crippen LogP contribution in [-0.2, 0) is 6.54 Å². The summed E-state index contributed by atoms with van der Waals surface area (Å²) in [4.78, 5) is 25.1. The predicted molar refractivity (Wildman–Crippen MR) is 93.8 cm³/mol. The fourth-order valence-corrected chi connectivity index (χ4v) is 3.19. The third-order valence-corrected chi connectivity index (χ3v) is 4.49. The molecule has 1 saturated heterocycles. The first-order chi connectivity index (χ1) is 12.3. The van der Waals surface area contributed by atoms with Crippen LogP contribution in [0.15, 0.2) is 24.4 Å². The number of nitrogens with zero attached hydrogens (tertiary/aromatic N) is 4. The Morgan fingerprint density at radius 2 is 2.23 bits per heavy atom. The summed E-state index contributed by atoms with van der Waals surface area (Å²) in [6.45, 7) is 2.06. The van der Waals surface area contributed by atoms with Crippen LogP contribution in [0.1, 0.15) is 22.5 Å². The lowest BCUT2D eigenvalue weighted by Crippen LogP contribution is -2.41. The van der Waals surface area contributed by atoms with E-state index in [9.17, 15) is 14.0 Å². The molecule has 2 atom stereocenters. The Bertz CT molecular complexity index is 842. The summed E-state index contributed by atoms with van der Waals surface area (Å²) in [6.07, 6.45) is 0.403. The van der Waals surface area contributed by atoms with Gasteiger partial charge in [-0.3, -0.25) is 4.79 Å². The molecule has 2 heterocycles. The molecule has 3 rings (SSSR count). The molecule has 0 saturated carbocycles. The van der Waals surface area contributed by atoms with Gasteiger partial charge in [0, 0.05) is 6.42 Å². The Hall–Kier alpha value is -2.68. The van der Waals surface area contributed by atoms with E-state index in [-0.39, 0.29) is 25.2 Å². The van der Waals surface area contributed by atoms with E-state index in [4.69, 9.17) is 17.3 Å². The molecule has 0 radical (unpaired) electrons. The van der Waals surface area contributed by atoms with Gasteiger partial charge in [-0.05, 0) is 24.6 Å². The van der Waals surface area contributed by atoms with Crippen LogP contribution in [0.5, 0.6) is 0 Å². The monoisotopic (exact) mass is 380 g/mol. The summed E-state index contributed by atoms with van der Waals surface area (Å²) >= 11 is 6.13. The Morgan fingerprint density at radius 1 is 1.46 bits per heavy atom. The highest BCUT2D eigenvalue weighted by Crippen LogP contribution is 2.26. The highest BCUT2D eigenvalue weighted by Gasteiger charge is 2.36. The van der Waals surface area contributed by atoms with Crippen molar-refractivity contribution in [2.75, 3.05) is 11.9 Å². The van der Waals surface area contributed by atoms with Crippen molar-refractivity contribution in [2.45, 2.75) is 32.1 Å². The quantitative estimate of drug-likeness (QED) is 0.845. The van der Waals surface area contributed by atoms with Crippen LogP contribution in [0, 0.1) is 6.92 Å². The normalized spacial score (nSPS) is 19.6. The summed E-state index contributed by atoms with van der Waals surface area (Å²) in [5.41, 5.74) is 6.58. The van der Waals surface area contributed by atoms with E-state index in [1.165, 1.54) is 15.8 Å². The number of hydrogen-bond donors (Lipinski definition) is 2. The zero-order valence-corrected chi connectivity index (χ0v) is 14.8. The number of nitrogens with two attached hydrogens (primary N) is 1. The average molecular weight is 381 g/mol. The van der Waals surface area contributed by atoms with E-state index in [2.05, 4.69) is 15.6 Å². The van der Waals surface area contributed by atoms with Crippen molar-refractivity contribution in [1.29, 1.82) is 0 Å². The fraction of sp³-hybridized carbons (Fsp3) is 0.375. The van der Waals surface area contributed by atoms with Gasteiger partial charge >= 0.3 is 6.03 Å². The maximum atomic E-state index is 13.9. The van der Waals surface area contributed by atoms with Crippen LogP contribution >= 0.6 is 11.6 Å². The molecule has 3 amide bonds. The highest BCUT2D eigenvalue weighted by atomic mass is 35.5. The standard InChI is InChI=1S/C16H18ClFN6O2/c1-9-2-3-13(12(17)4-9)20-16(26)24-6-10(18)5-11(24)7-23-8-14(15(19)25)21-22-23/h2-4,8,10-11H,5-7H2,1H3,(H2,19,25)(H,20,26)/t10-,11-/m0/s1. The molecule has 1 aromatic heterocycles. The lowest BCUT2D eigenvalue weighted by atomic mass is 10.2. The van der Waals surface area contributed by atoms with E-state index in [1.54, 1.807) is 12.1 Å². The number of urea groups is 1. The summed E-state index contributed by atoms with van der Waals surface area (Å²) in [5, 5.41) is 10.6. The van der Waals surface area contributed by atoms with Crippen LogP contribution in [0.2, 0.25) is 5.02 Å². The second-order valence-corrected chi connectivity index (χ2v) is 6.65. The molecule has 0 aliphatic carbocycles. The number of amides is 3. The second-order valence-electron chi connectivity index (χ2n) is 6.24. The molecule has 0 spiro atoms. The van der Waals surface area contributed by atoms with Crippen molar-refractivity contribution in [3.63, 3.8) is 0 Å². The van der Waals surface area contributed by atoms with Gasteiger partial charge in [0.25, 0.3) is 5.91 Å². The molecular formula is C16H18ClFN6O2. The molecule has 1 aromatic carbocycles. The van der Waals surface area contributed by atoms with Gasteiger partial charge in [-0.2, -0.15) is 0 Å². The average Bonchev–Trinajstić information content (AvgIpc) is 3.17. The van der Waals surface area contributed by atoms with Gasteiger partial charge in [-0.25, -0.2) is 13.9 Å². The number of carbonyl (C=O) groups excluding carboxylic acids is 2. The first-order valence-corrected chi connectivity index (χ1v) is 8.39. The van der Waals surface area contributed by atoms with Gasteiger partial charge in [0.05, 0.1) is 36.0 Å². The molecule has 0 unspecified atom stereocenters. The number of nitrogens with one attached hydrogen (secondary N) is 1. The predicted octanol–water partition coefficient (Wildman–Crippen LogP) is 1.98. The maximum absolute atomic E-state index is 13.9. The smallest absolute Gasteiger partial charge is 0.322 e. The Balaban J connectivity index is 1.71. The molecule has 0 bridgehead atoms. The molecule has 8 nitrogen and oxygen atoms in total. The van der Waals surface area contributed by atoms with Crippen molar-refractivity contribution in [3.8, 4) is 0 Å². The zero-order valence-electron chi connectivity index (χ0n) is 14.0. The van der Waals surface area contributed by atoms with Crippen LogP contribution in [-0.4, -0.2) is 50.6 Å². The number of likely N-dealkylation sites (tertiary alicyclic amines) is 1. The van der Waals surface area contributed by atoms with Crippen LogP contribution in [0.4, 0.5) is 14.9 Å². The second kappa shape index (κ2) is 7.28. The topological polar surface area (TPSA) is 106 Å². The minimum absolute atomic E-state index is 0.0160. The van der Waals surface area contributed by atoms with Gasteiger partial charge in [-0.1, -0.05) is 22.9 Å². The molecule has 1 fully saturated rings. The number of anilines is 1. The minimum Gasteiger partial charge on any atom is -0.364 e. The molecule has 26 heavy (non-hydrogen) atoms. The first kappa shape index (κ1) is 18.1. The SMILES string of the molecule is Cc1ccc(NC(=O)N2C[C@@H](F)C[C@H]2Cn2cc(C(N)=O)nn2)c(Cl)c1. The van der Waals surface area contributed by atoms with Crippen LogP contribution in [0.25, 0.3) is 0 Å². The number of carbonyl (C=O) groups is 2. The number of rotatable bonds is 4. The van der Waals surface area contributed by atoms with E-state index in [0.29, 0.717) is 10.7 Å². The molecule has 10 heteroatoms. The van der Waals surface area contributed by atoms with E-state index >= 15 is 0 Å². The Morgan fingerprint density at radius 3 is 2.88 bits per heavy atom. The Labute approximate surface area is 154 Å². The van der Waals surface area contributed by atoms with Crippen molar-refractivity contribution in [3.05, 3.63) is 40.7 Å². The summed E-state index contributed by atoms with van der Waals surface area (Å²) < 4.78 is 15.3. The third-order valence-electron chi connectivity index (χ3n) is 4.18. The molecule has 2 aromatic rings. The molecule has 3 N–H and O–H groups in total. The fourth-order valence-electron chi connectivity index (χ4n) is 2.91. The van der Waals surface area contributed by atoms with Crippen LogP contribution in [0.3, 0.4) is 0 Å². The number of aryl methyl sites for hydroxylation is 1. The molecule has 1 aliphatic heterocycles. The lowest BCUT2D eigenvalue weighted by Gasteiger charge is -2.24. The molecular weight excluding hydrogens is 363 g/mol. The van der Waals surface area contributed by atoms with Crippen molar-refractivity contribution in [1.82, 2.24) is 19.9 Å². The van der Waals surface area contributed by atoms with Crippen LogP contribution < -0.4 is 11.1 Å². The largest absolute Gasteiger partial charge is 0.364 e. The number of hydrogen-bond acceptors (Lipinski definition) is 4. The van der Waals surface area contributed by atoms with Gasteiger partial charge in [0.2, 0.25) is 0 Å². The maximum Gasteiger partial charge on any atom is 0.322 e. The zero-order chi connectivity index (χ0) is 18.8. The number of primary amides is 1. The number of halogens is 2. The van der Waals surface area contributed by atoms with Gasteiger partial charge in [-0.15, -0.1) is 5.10 Å². The summed E-state index contributed by atoms with van der Waals surface area (Å²) in [7, 11) is 0. The van der Waals surface area contributed by atoms with E-state index < -0.39 is 24.2 Å². The van der Waals surface area contributed by atoms with Crippen molar-refractivity contribution in [2.24, 2.45) is 5.73 Å². The lowest BCUT2D eigenvalue weighted by molar-refractivity contribution is 0.0995. The molecule has 1 aliphatic rings. The number of aromatic nitrogens is 3. The minimum atomic E-state index is -1.14. The third kappa shape index (κ3) is 3.93. The van der Waals surface area contributed by atoms with Gasteiger partial charge in [0.1, 0.15) is 6.17 Å².